The van der Waals surface area contributed by atoms with E-state index < -0.39 is 0 Å². The van der Waals surface area contributed by atoms with Gasteiger partial charge < -0.3 is 5.73 Å². The zero-order valence-corrected chi connectivity index (χ0v) is 10.8. The standard InChI is InChI=1S/C16H18FN/c1-3-16(18)13-7-5-12(6-8-13)14-10-11(2)4-9-15(14)17/h4-10,16H,3,18H2,1-2H3. The molecule has 18 heavy (non-hydrogen) atoms. The van der Waals surface area contributed by atoms with E-state index in [9.17, 15) is 4.39 Å². The van der Waals surface area contributed by atoms with Crippen LogP contribution < -0.4 is 5.73 Å². The largest absolute Gasteiger partial charge is 0.324 e. The van der Waals surface area contributed by atoms with E-state index in [2.05, 4.69) is 6.92 Å². The van der Waals surface area contributed by atoms with E-state index in [1.165, 1.54) is 6.07 Å². The summed E-state index contributed by atoms with van der Waals surface area (Å²) in [4.78, 5) is 0. The van der Waals surface area contributed by atoms with Gasteiger partial charge in [0.05, 0.1) is 0 Å². The molecule has 0 aromatic heterocycles. The second kappa shape index (κ2) is 5.32. The molecule has 2 rings (SSSR count). The molecule has 1 nitrogen and oxygen atoms in total. The fraction of sp³-hybridized carbons (Fsp3) is 0.250. The van der Waals surface area contributed by atoms with Gasteiger partial charge in [-0.1, -0.05) is 42.8 Å². The molecule has 0 heterocycles. The highest BCUT2D eigenvalue weighted by Crippen LogP contribution is 2.25. The molecule has 94 valence electrons. The maximum atomic E-state index is 13.8. The number of benzene rings is 2. The van der Waals surface area contributed by atoms with Crippen molar-refractivity contribution in [1.29, 1.82) is 0 Å². The van der Waals surface area contributed by atoms with Crippen LogP contribution >= 0.6 is 0 Å². The number of nitrogens with two attached hydrogens (primary N) is 1. The lowest BCUT2D eigenvalue weighted by Gasteiger charge is -2.10. The molecule has 0 saturated carbocycles. The summed E-state index contributed by atoms with van der Waals surface area (Å²) in [6.45, 7) is 4.02. The summed E-state index contributed by atoms with van der Waals surface area (Å²) in [5, 5.41) is 0. The first-order valence-electron chi connectivity index (χ1n) is 6.24. The van der Waals surface area contributed by atoms with Crippen LogP contribution in [0.5, 0.6) is 0 Å². The Morgan fingerprint density at radius 3 is 2.39 bits per heavy atom. The van der Waals surface area contributed by atoms with Crippen LogP contribution in [-0.4, -0.2) is 0 Å². The van der Waals surface area contributed by atoms with Crippen LogP contribution in [0.15, 0.2) is 42.5 Å². The third-order valence-electron chi connectivity index (χ3n) is 3.21. The fourth-order valence-corrected chi connectivity index (χ4v) is 2.01. The average molecular weight is 243 g/mol. The number of hydrogen-bond acceptors (Lipinski definition) is 1. The summed E-state index contributed by atoms with van der Waals surface area (Å²) in [6, 6.07) is 13.0. The van der Waals surface area contributed by atoms with Crippen LogP contribution in [0, 0.1) is 12.7 Å². The van der Waals surface area contributed by atoms with Gasteiger partial charge in [-0.2, -0.15) is 0 Å². The van der Waals surface area contributed by atoms with Crippen molar-refractivity contribution in [1.82, 2.24) is 0 Å². The molecule has 0 spiro atoms. The molecule has 0 saturated heterocycles. The quantitative estimate of drug-likeness (QED) is 0.858. The molecule has 0 fully saturated rings. The second-order valence-electron chi connectivity index (χ2n) is 4.62. The predicted molar refractivity (Wildman–Crippen MR) is 73.8 cm³/mol. The topological polar surface area (TPSA) is 26.0 Å². The summed E-state index contributed by atoms with van der Waals surface area (Å²) in [7, 11) is 0. The smallest absolute Gasteiger partial charge is 0.131 e. The molecule has 0 bridgehead atoms. The maximum absolute atomic E-state index is 13.8. The van der Waals surface area contributed by atoms with Crippen LogP contribution in [0.1, 0.15) is 30.5 Å². The second-order valence-corrected chi connectivity index (χ2v) is 4.62. The zero-order valence-electron chi connectivity index (χ0n) is 10.8. The first kappa shape index (κ1) is 12.8. The van der Waals surface area contributed by atoms with Gasteiger partial charge in [0, 0.05) is 11.6 Å². The first-order chi connectivity index (χ1) is 8.61. The highest BCUT2D eigenvalue weighted by Gasteiger charge is 2.07. The van der Waals surface area contributed by atoms with Crippen molar-refractivity contribution in [2.45, 2.75) is 26.3 Å². The average Bonchev–Trinajstić information content (AvgIpc) is 2.41. The van der Waals surface area contributed by atoms with Crippen molar-refractivity contribution < 1.29 is 4.39 Å². The molecule has 1 unspecified atom stereocenters. The Hall–Kier alpha value is -1.67. The van der Waals surface area contributed by atoms with Crippen LogP contribution in [0.2, 0.25) is 0 Å². The third-order valence-corrected chi connectivity index (χ3v) is 3.21. The molecular weight excluding hydrogens is 225 g/mol. The van der Waals surface area contributed by atoms with E-state index >= 15 is 0 Å². The van der Waals surface area contributed by atoms with E-state index in [0.29, 0.717) is 5.56 Å². The minimum Gasteiger partial charge on any atom is -0.324 e. The Bertz CT molecular complexity index is 531. The fourth-order valence-electron chi connectivity index (χ4n) is 2.01. The SMILES string of the molecule is CCC(N)c1ccc(-c2cc(C)ccc2F)cc1. The van der Waals surface area contributed by atoms with Crippen molar-refractivity contribution in [2.75, 3.05) is 0 Å². The van der Waals surface area contributed by atoms with E-state index in [0.717, 1.165) is 23.1 Å². The van der Waals surface area contributed by atoms with E-state index in [1.54, 1.807) is 6.07 Å². The highest BCUT2D eigenvalue weighted by molar-refractivity contribution is 5.65. The van der Waals surface area contributed by atoms with Crippen molar-refractivity contribution in [3.8, 4) is 11.1 Å². The van der Waals surface area contributed by atoms with Gasteiger partial charge >= 0.3 is 0 Å². The molecular formula is C16H18FN. The highest BCUT2D eigenvalue weighted by atomic mass is 19.1. The molecule has 2 aromatic carbocycles. The zero-order chi connectivity index (χ0) is 13.1. The third kappa shape index (κ3) is 2.59. The lowest BCUT2D eigenvalue weighted by atomic mass is 9.99. The number of hydrogen-bond donors (Lipinski definition) is 1. The van der Waals surface area contributed by atoms with Gasteiger partial charge in [-0.25, -0.2) is 4.39 Å². The summed E-state index contributed by atoms with van der Waals surface area (Å²) in [6.07, 6.45) is 0.901. The summed E-state index contributed by atoms with van der Waals surface area (Å²) >= 11 is 0. The van der Waals surface area contributed by atoms with Gasteiger partial charge in [0.1, 0.15) is 5.82 Å². The molecule has 1 atom stereocenters. The van der Waals surface area contributed by atoms with Crippen LogP contribution in [0.25, 0.3) is 11.1 Å². The number of rotatable bonds is 3. The van der Waals surface area contributed by atoms with Crippen molar-refractivity contribution in [3.05, 3.63) is 59.4 Å². The monoisotopic (exact) mass is 243 g/mol. The van der Waals surface area contributed by atoms with Crippen LogP contribution in [0.4, 0.5) is 4.39 Å². The molecule has 0 aliphatic carbocycles. The number of aryl methyl sites for hydroxylation is 1. The van der Waals surface area contributed by atoms with Gasteiger partial charge in [-0.3, -0.25) is 0 Å². The van der Waals surface area contributed by atoms with Crippen molar-refractivity contribution >= 4 is 0 Å². The van der Waals surface area contributed by atoms with Gasteiger partial charge in [-0.05, 0) is 36.6 Å². The molecule has 2 N–H and O–H groups in total. The van der Waals surface area contributed by atoms with Crippen molar-refractivity contribution in [3.63, 3.8) is 0 Å². The Morgan fingerprint density at radius 1 is 1.11 bits per heavy atom. The Morgan fingerprint density at radius 2 is 1.78 bits per heavy atom. The molecule has 0 aliphatic heterocycles. The maximum Gasteiger partial charge on any atom is 0.131 e. The number of halogens is 1. The molecule has 2 aromatic rings. The Kier molecular flexibility index (Phi) is 3.78. The van der Waals surface area contributed by atoms with Crippen LogP contribution in [0.3, 0.4) is 0 Å². The first-order valence-corrected chi connectivity index (χ1v) is 6.24. The minimum absolute atomic E-state index is 0.0569. The van der Waals surface area contributed by atoms with E-state index in [-0.39, 0.29) is 11.9 Å². The minimum atomic E-state index is -0.187. The van der Waals surface area contributed by atoms with Crippen molar-refractivity contribution in [2.24, 2.45) is 5.73 Å². The molecule has 0 aliphatic rings. The Balaban J connectivity index is 2.37. The summed E-state index contributed by atoms with van der Waals surface area (Å²) in [5.74, 6) is -0.187. The predicted octanol–water partition coefficient (Wildman–Crippen LogP) is 4.21. The normalized spacial score (nSPS) is 12.4. The lowest BCUT2D eigenvalue weighted by Crippen LogP contribution is -2.08. The summed E-state index contributed by atoms with van der Waals surface area (Å²) in [5.41, 5.74) is 9.65. The van der Waals surface area contributed by atoms with Crippen LogP contribution in [-0.2, 0) is 0 Å². The summed E-state index contributed by atoms with van der Waals surface area (Å²) < 4.78 is 13.8. The lowest BCUT2D eigenvalue weighted by molar-refractivity contribution is 0.631. The van der Waals surface area contributed by atoms with Gasteiger partial charge in [-0.15, -0.1) is 0 Å². The molecule has 0 radical (unpaired) electrons. The molecule has 2 heteroatoms. The van der Waals surface area contributed by atoms with E-state index in [4.69, 9.17) is 5.73 Å². The van der Waals surface area contributed by atoms with Gasteiger partial charge in [0.15, 0.2) is 0 Å². The van der Waals surface area contributed by atoms with E-state index in [1.807, 2.05) is 37.3 Å². The molecule has 0 amide bonds. The van der Waals surface area contributed by atoms with Gasteiger partial charge in [0.25, 0.3) is 0 Å². The Labute approximate surface area is 107 Å². The van der Waals surface area contributed by atoms with Gasteiger partial charge in [0.2, 0.25) is 0 Å².